The Morgan fingerprint density at radius 3 is 2.93 bits per heavy atom. The highest BCUT2D eigenvalue weighted by Gasteiger charge is 2.17. The van der Waals surface area contributed by atoms with Crippen LogP contribution in [0.5, 0.6) is 0 Å². The van der Waals surface area contributed by atoms with E-state index in [-0.39, 0.29) is 30.4 Å². The largest absolute Gasteiger partial charge is 0.337 e. The van der Waals surface area contributed by atoms with E-state index < -0.39 is 0 Å². The van der Waals surface area contributed by atoms with Crippen LogP contribution in [0.4, 0.5) is 4.39 Å². The molecule has 2 aromatic heterocycles. The van der Waals surface area contributed by atoms with Gasteiger partial charge in [0.2, 0.25) is 5.91 Å². The van der Waals surface area contributed by atoms with Crippen LogP contribution in [0.25, 0.3) is 10.3 Å². The molecule has 1 aromatic carbocycles. The number of allylic oxidation sites excluding steroid dienone is 1. The summed E-state index contributed by atoms with van der Waals surface area (Å²) in [6.07, 6.45) is 3.05. The van der Waals surface area contributed by atoms with Crippen LogP contribution >= 0.6 is 23.6 Å². The van der Waals surface area contributed by atoms with Gasteiger partial charge in [-0.25, -0.2) is 9.37 Å². The summed E-state index contributed by atoms with van der Waals surface area (Å²) in [7, 11) is 0. The Morgan fingerprint density at radius 2 is 2.25 bits per heavy atom. The maximum atomic E-state index is 13.4. The molecule has 6 nitrogen and oxygen atoms in total. The first-order valence-electron chi connectivity index (χ1n) is 8.66. The van der Waals surface area contributed by atoms with Gasteiger partial charge in [-0.05, 0) is 36.8 Å². The van der Waals surface area contributed by atoms with Gasteiger partial charge in [-0.1, -0.05) is 29.5 Å². The Kier molecular flexibility index (Phi) is 6.15. The minimum absolute atomic E-state index is 0.142. The lowest BCUT2D eigenvalue weighted by atomic mass is 10.2. The second-order valence-corrected chi connectivity index (χ2v) is 7.78. The number of aromatic nitrogens is 3. The molecule has 0 aliphatic carbocycles. The van der Waals surface area contributed by atoms with Gasteiger partial charge in [-0.2, -0.15) is 0 Å². The number of hydrogen-bond donors (Lipinski definition) is 0. The van der Waals surface area contributed by atoms with E-state index in [0.717, 1.165) is 0 Å². The van der Waals surface area contributed by atoms with Crippen LogP contribution in [-0.2, 0) is 24.4 Å². The highest BCUT2D eigenvalue weighted by atomic mass is 32.1. The van der Waals surface area contributed by atoms with Crippen LogP contribution in [0.1, 0.15) is 12.5 Å². The van der Waals surface area contributed by atoms with Crippen molar-refractivity contribution < 1.29 is 9.18 Å². The molecule has 0 aliphatic heterocycles. The normalized spacial score (nSPS) is 10.9. The number of thiazole rings is 1. The molecular formula is C19H19FN4O2S2. The van der Waals surface area contributed by atoms with Gasteiger partial charge in [0, 0.05) is 19.6 Å². The zero-order chi connectivity index (χ0) is 20.3. The molecule has 28 heavy (non-hydrogen) atoms. The van der Waals surface area contributed by atoms with Gasteiger partial charge < -0.3 is 9.47 Å². The van der Waals surface area contributed by atoms with Crippen molar-refractivity contribution in [3.63, 3.8) is 0 Å². The van der Waals surface area contributed by atoms with Crippen LogP contribution in [0, 0.1) is 9.77 Å². The van der Waals surface area contributed by atoms with Gasteiger partial charge in [0.1, 0.15) is 23.4 Å². The molecule has 146 valence electrons. The average molecular weight is 419 g/mol. The summed E-state index contributed by atoms with van der Waals surface area (Å²) in [6, 6.07) is 6.11. The van der Waals surface area contributed by atoms with Crippen molar-refractivity contribution >= 4 is 39.8 Å². The molecule has 0 atom stereocenters. The predicted octanol–water partition coefficient (Wildman–Crippen LogP) is 3.36. The first-order chi connectivity index (χ1) is 13.4. The third-order valence-corrected chi connectivity index (χ3v) is 5.68. The molecule has 3 aromatic rings. The monoisotopic (exact) mass is 418 g/mol. The second kappa shape index (κ2) is 8.57. The van der Waals surface area contributed by atoms with E-state index in [1.807, 2.05) is 6.92 Å². The van der Waals surface area contributed by atoms with Crippen molar-refractivity contribution in [1.82, 2.24) is 19.0 Å². The summed E-state index contributed by atoms with van der Waals surface area (Å²) in [6.45, 7) is 6.55. The van der Waals surface area contributed by atoms with E-state index in [1.165, 1.54) is 34.4 Å². The molecule has 0 spiro atoms. The lowest BCUT2D eigenvalue weighted by molar-refractivity contribution is -0.132. The van der Waals surface area contributed by atoms with Crippen molar-refractivity contribution in [3.8, 4) is 0 Å². The topological polar surface area (TPSA) is 60.1 Å². The van der Waals surface area contributed by atoms with Crippen molar-refractivity contribution in [1.29, 1.82) is 0 Å². The van der Waals surface area contributed by atoms with Crippen molar-refractivity contribution in [2.24, 2.45) is 0 Å². The van der Waals surface area contributed by atoms with Crippen LogP contribution in [0.2, 0.25) is 0 Å². The number of hydrogen-bond acceptors (Lipinski definition) is 5. The van der Waals surface area contributed by atoms with Crippen molar-refractivity contribution in [2.45, 2.75) is 26.6 Å². The Balaban J connectivity index is 1.85. The number of benzene rings is 1. The number of carbonyl (C=O) groups is 1. The van der Waals surface area contributed by atoms with Crippen LogP contribution in [-0.4, -0.2) is 31.5 Å². The van der Waals surface area contributed by atoms with Gasteiger partial charge >= 0.3 is 0 Å². The number of rotatable bonds is 7. The van der Waals surface area contributed by atoms with E-state index in [0.29, 0.717) is 33.0 Å². The minimum atomic E-state index is -0.350. The SMILES string of the molecule is C=CCn1c(=S)sc2c(=O)n(CC(=O)N(CC)Cc3cccc(F)c3)cnc21. The molecule has 9 heteroatoms. The van der Waals surface area contributed by atoms with E-state index in [9.17, 15) is 14.0 Å². The van der Waals surface area contributed by atoms with Gasteiger partial charge in [0.05, 0.1) is 0 Å². The van der Waals surface area contributed by atoms with Gasteiger partial charge in [-0.3, -0.25) is 14.2 Å². The average Bonchev–Trinajstić information content (AvgIpc) is 2.99. The number of amides is 1. The predicted molar refractivity (Wildman–Crippen MR) is 110 cm³/mol. The van der Waals surface area contributed by atoms with Crippen molar-refractivity contribution in [3.05, 3.63) is 68.9 Å². The number of carbonyl (C=O) groups excluding carboxylic acids is 1. The quantitative estimate of drug-likeness (QED) is 0.436. The molecule has 0 N–H and O–H groups in total. The number of halogens is 1. The van der Waals surface area contributed by atoms with Gasteiger partial charge in [-0.15, -0.1) is 6.58 Å². The molecule has 1 amide bonds. The first kappa shape index (κ1) is 20.1. The third-order valence-electron chi connectivity index (χ3n) is 4.26. The highest BCUT2D eigenvalue weighted by Crippen LogP contribution is 2.17. The smallest absolute Gasteiger partial charge is 0.273 e. The zero-order valence-electron chi connectivity index (χ0n) is 15.3. The van der Waals surface area contributed by atoms with Crippen molar-refractivity contribution in [2.75, 3.05) is 6.54 Å². The van der Waals surface area contributed by atoms with Gasteiger partial charge in [0.25, 0.3) is 5.56 Å². The lowest BCUT2D eigenvalue weighted by Gasteiger charge is -2.21. The van der Waals surface area contributed by atoms with E-state index in [1.54, 1.807) is 27.7 Å². The molecular weight excluding hydrogens is 399 g/mol. The molecule has 0 radical (unpaired) electrons. The number of nitrogens with zero attached hydrogens (tertiary/aromatic N) is 4. The molecule has 0 bridgehead atoms. The third kappa shape index (κ3) is 4.10. The Morgan fingerprint density at radius 1 is 1.46 bits per heavy atom. The molecule has 2 heterocycles. The molecule has 0 saturated heterocycles. The fourth-order valence-corrected chi connectivity index (χ4v) is 4.17. The number of likely N-dealkylation sites (N-methyl/N-ethyl adjacent to an activating group) is 1. The molecule has 0 unspecified atom stereocenters. The highest BCUT2D eigenvalue weighted by molar-refractivity contribution is 7.73. The molecule has 3 rings (SSSR count). The molecule has 0 saturated carbocycles. The van der Waals surface area contributed by atoms with Crippen LogP contribution in [0.15, 0.2) is 48.0 Å². The Labute approximate surface area is 170 Å². The molecule has 0 aliphatic rings. The summed E-state index contributed by atoms with van der Waals surface area (Å²) in [4.78, 5) is 31.4. The van der Waals surface area contributed by atoms with Crippen LogP contribution in [0.3, 0.4) is 0 Å². The van der Waals surface area contributed by atoms with Crippen LogP contribution < -0.4 is 5.56 Å². The Hall–Kier alpha value is -2.65. The van der Waals surface area contributed by atoms with E-state index in [4.69, 9.17) is 12.2 Å². The molecule has 0 fully saturated rings. The summed E-state index contributed by atoms with van der Waals surface area (Å²) >= 11 is 6.47. The second-order valence-electron chi connectivity index (χ2n) is 6.14. The minimum Gasteiger partial charge on any atom is -0.337 e. The van der Waals surface area contributed by atoms with E-state index in [2.05, 4.69) is 11.6 Å². The Bertz CT molecular complexity index is 1150. The fourth-order valence-electron chi connectivity index (χ4n) is 2.85. The zero-order valence-corrected chi connectivity index (χ0v) is 16.9. The summed E-state index contributed by atoms with van der Waals surface area (Å²) < 4.78 is 17.3. The summed E-state index contributed by atoms with van der Waals surface area (Å²) in [5.74, 6) is -0.596. The first-order valence-corrected chi connectivity index (χ1v) is 9.89. The number of fused-ring (bicyclic) bond motifs is 1. The summed E-state index contributed by atoms with van der Waals surface area (Å²) in [5.41, 5.74) is 0.880. The summed E-state index contributed by atoms with van der Waals surface area (Å²) in [5, 5.41) is 0. The fraction of sp³-hybridized carbons (Fsp3) is 0.263. The lowest BCUT2D eigenvalue weighted by Crippen LogP contribution is -2.36. The maximum Gasteiger partial charge on any atom is 0.273 e. The van der Waals surface area contributed by atoms with Gasteiger partial charge in [0.15, 0.2) is 9.60 Å². The van der Waals surface area contributed by atoms with E-state index >= 15 is 0 Å². The maximum absolute atomic E-state index is 13.4. The standard InChI is InChI=1S/C19H19FN4O2S2/c1-3-8-24-17-16(28-19(24)27)18(26)23(12-21-17)11-15(25)22(4-2)10-13-6-5-7-14(20)9-13/h3,5-7,9,12H,1,4,8,10-11H2,2H3.